The molecule has 0 bridgehead atoms. The van der Waals surface area contributed by atoms with Crippen LogP contribution in [0.3, 0.4) is 0 Å². The highest BCUT2D eigenvalue weighted by molar-refractivity contribution is 7.80. The van der Waals surface area contributed by atoms with Gasteiger partial charge in [-0.2, -0.15) is 0 Å². The number of rotatable bonds is 2. The Morgan fingerprint density at radius 3 is 2.52 bits per heavy atom. The van der Waals surface area contributed by atoms with Crippen molar-refractivity contribution in [2.75, 3.05) is 5.32 Å². The molecule has 0 aromatic heterocycles. The number of hydrogen-bond donors (Lipinski definition) is 2. The fourth-order valence-electron chi connectivity index (χ4n) is 3.33. The zero-order valence-electron chi connectivity index (χ0n) is 13.3. The third kappa shape index (κ3) is 2.87. The molecule has 1 aliphatic rings. The van der Waals surface area contributed by atoms with Crippen LogP contribution in [0, 0.1) is 5.82 Å². The number of carbonyl (C=O) groups is 1. The van der Waals surface area contributed by atoms with E-state index in [2.05, 4.69) is 22.8 Å². The molecule has 0 fully saturated rings. The summed E-state index contributed by atoms with van der Waals surface area (Å²) in [6, 6.07) is 16.1. The van der Waals surface area contributed by atoms with Crippen molar-refractivity contribution in [3.05, 3.63) is 77.1 Å². The van der Waals surface area contributed by atoms with Gasteiger partial charge < -0.3 is 5.32 Å². The lowest BCUT2D eigenvalue weighted by Crippen LogP contribution is -2.34. The van der Waals surface area contributed by atoms with E-state index in [9.17, 15) is 9.18 Å². The molecule has 1 aliphatic carbocycles. The van der Waals surface area contributed by atoms with E-state index in [0.717, 1.165) is 23.9 Å². The number of aryl methyl sites for hydroxylation is 2. The number of thiocarbonyl (C=S) groups is 1. The van der Waals surface area contributed by atoms with Crippen molar-refractivity contribution >= 4 is 39.7 Å². The van der Waals surface area contributed by atoms with Crippen LogP contribution in [0.25, 0.3) is 10.8 Å². The number of halogens is 1. The Hall–Kier alpha value is -2.79. The van der Waals surface area contributed by atoms with E-state index in [1.807, 2.05) is 18.2 Å². The van der Waals surface area contributed by atoms with E-state index in [-0.39, 0.29) is 10.7 Å². The van der Waals surface area contributed by atoms with Crippen molar-refractivity contribution < 1.29 is 9.18 Å². The van der Waals surface area contributed by atoms with Crippen LogP contribution in [0.5, 0.6) is 0 Å². The van der Waals surface area contributed by atoms with Gasteiger partial charge in [0.05, 0.1) is 5.56 Å². The lowest BCUT2D eigenvalue weighted by molar-refractivity contribution is 0.0974. The standard InChI is InChI=1S/C20H15FN2OS/c21-16-7-2-1-5-14(16)19(24)23-20(25)22-17-11-10-13-9-8-12-4-3-6-15(17)18(12)13/h1-7,10-11H,8-9H2,(H2,22,23,24,25). The molecule has 0 aliphatic heterocycles. The molecule has 0 saturated carbocycles. The molecule has 0 heterocycles. The highest BCUT2D eigenvalue weighted by atomic mass is 32.1. The minimum atomic E-state index is -0.576. The van der Waals surface area contributed by atoms with Gasteiger partial charge in [0.2, 0.25) is 0 Å². The van der Waals surface area contributed by atoms with E-state index >= 15 is 0 Å². The number of nitrogens with one attached hydrogen (secondary N) is 2. The summed E-state index contributed by atoms with van der Waals surface area (Å²) >= 11 is 5.23. The molecule has 3 aromatic rings. The van der Waals surface area contributed by atoms with E-state index in [4.69, 9.17) is 12.2 Å². The fraction of sp³-hybridized carbons (Fsp3) is 0.100. The van der Waals surface area contributed by atoms with Crippen LogP contribution in [0.2, 0.25) is 0 Å². The van der Waals surface area contributed by atoms with Gasteiger partial charge in [-0.1, -0.05) is 36.4 Å². The Balaban J connectivity index is 1.57. The summed E-state index contributed by atoms with van der Waals surface area (Å²) in [5.74, 6) is -1.14. The predicted molar refractivity (Wildman–Crippen MR) is 101 cm³/mol. The van der Waals surface area contributed by atoms with Gasteiger partial charge in [0, 0.05) is 11.1 Å². The second-order valence-electron chi connectivity index (χ2n) is 6.00. The van der Waals surface area contributed by atoms with Gasteiger partial charge in [-0.05, 0) is 59.8 Å². The first-order valence-corrected chi connectivity index (χ1v) is 8.44. The average molecular weight is 350 g/mol. The van der Waals surface area contributed by atoms with Crippen LogP contribution in [0.15, 0.2) is 54.6 Å². The summed E-state index contributed by atoms with van der Waals surface area (Å²) < 4.78 is 13.7. The quantitative estimate of drug-likeness (QED) is 0.681. The fourth-order valence-corrected chi connectivity index (χ4v) is 3.53. The third-order valence-electron chi connectivity index (χ3n) is 4.47. The lowest BCUT2D eigenvalue weighted by Gasteiger charge is -2.13. The molecule has 25 heavy (non-hydrogen) atoms. The second kappa shape index (κ2) is 6.26. The molecule has 4 rings (SSSR count). The Morgan fingerprint density at radius 2 is 1.72 bits per heavy atom. The van der Waals surface area contributed by atoms with Crippen molar-refractivity contribution in [1.29, 1.82) is 0 Å². The summed E-state index contributed by atoms with van der Waals surface area (Å²) in [5.41, 5.74) is 3.46. The first kappa shape index (κ1) is 15.7. The van der Waals surface area contributed by atoms with Gasteiger partial charge in [0.1, 0.15) is 5.82 Å². The minimum Gasteiger partial charge on any atom is -0.332 e. The van der Waals surface area contributed by atoms with Crippen molar-refractivity contribution in [1.82, 2.24) is 5.32 Å². The maximum absolute atomic E-state index is 13.7. The first-order valence-electron chi connectivity index (χ1n) is 8.04. The van der Waals surface area contributed by atoms with Crippen molar-refractivity contribution in [3.63, 3.8) is 0 Å². The van der Waals surface area contributed by atoms with Gasteiger partial charge in [-0.25, -0.2) is 4.39 Å². The van der Waals surface area contributed by atoms with E-state index in [0.29, 0.717) is 0 Å². The zero-order valence-corrected chi connectivity index (χ0v) is 14.1. The largest absolute Gasteiger partial charge is 0.332 e. The monoisotopic (exact) mass is 350 g/mol. The molecule has 124 valence electrons. The summed E-state index contributed by atoms with van der Waals surface area (Å²) in [5, 5.41) is 8.08. The molecule has 3 nitrogen and oxygen atoms in total. The van der Waals surface area contributed by atoms with Crippen LogP contribution >= 0.6 is 12.2 Å². The molecule has 0 atom stereocenters. The molecule has 0 radical (unpaired) electrons. The normalized spacial score (nSPS) is 12.2. The van der Waals surface area contributed by atoms with E-state index in [1.165, 1.54) is 34.7 Å². The van der Waals surface area contributed by atoms with Gasteiger partial charge in [-0.3, -0.25) is 10.1 Å². The minimum absolute atomic E-state index is 0.0351. The van der Waals surface area contributed by atoms with E-state index in [1.54, 1.807) is 6.07 Å². The molecular weight excluding hydrogens is 335 g/mol. The summed E-state index contributed by atoms with van der Waals surface area (Å²) in [6.45, 7) is 0. The number of carbonyl (C=O) groups excluding carboxylic acids is 1. The highest BCUT2D eigenvalue weighted by Crippen LogP contribution is 2.34. The van der Waals surface area contributed by atoms with Crippen LogP contribution in [-0.2, 0) is 12.8 Å². The number of hydrogen-bond acceptors (Lipinski definition) is 2. The topological polar surface area (TPSA) is 41.1 Å². The smallest absolute Gasteiger partial charge is 0.260 e. The average Bonchev–Trinajstić information content (AvgIpc) is 3.02. The molecule has 0 spiro atoms. The molecule has 2 N–H and O–H groups in total. The maximum atomic E-state index is 13.7. The SMILES string of the molecule is O=C(NC(=S)Nc1ccc2c3c(cccc13)CC2)c1ccccc1F. The van der Waals surface area contributed by atoms with Crippen molar-refractivity contribution in [2.24, 2.45) is 0 Å². The van der Waals surface area contributed by atoms with Gasteiger partial charge in [0.25, 0.3) is 5.91 Å². The van der Waals surface area contributed by atoms with Crippen LogP contribution in [0.1, 0.15) is 21.5 Å². The Bertz CT molecular complexity index is 1010. The van der Waals surface area contributed by atoms with Crippen LogP contribution in [0.4, 0.5) is 10.1 Å². The second-order valence-corrected chi connectivity index (χ2v) is 6.41. The molecule has 5 heteroatoms. The van der Waals surface area contributed by atoms with Crippen molar-refractivity contribution in [3.8, 4) is 0 Å². The van der Waals surface area contributed by atoms with Gasteiger partial charge in [-0.15, -0.1) is 0 Å². The Kier molecular flexibility index (Phi) is 3.93. The Morgan fingerprint density at radius 1 is 0.960 bits per heavy atom. The molecule has 0 unspecified atom stereocenters. The highest BCUT2D eigenvalue weighted by Gasteiger charge is 2.17. The molecule has 1 amide bonds. The van der Waals surface area contributed by atoms with Crippen LogP contribution < -0.4 is 10.6 Å². The predicted octanol–water partition coefficient (Wildman–Crippen LogP) is 4.20. The lowest BCUT2D eigenvalue weighted by atomic mass is 10.0. The summed E-state index contributed by atoms with van der Waals surface area (Å²) in [4.78, 5) is 12.2. The molecule has 3 aromatic carbocycles. The van der Waals surface area contributed by atoms with Crippen molar-refractivity contribution in [2.45, 2.75) is 12.8 Å². The summed E-state index contributed by atoms with van der Waals surface area (Å²) in [7, 11) is 0. The van der Waals surface area contributed by atoms with Gasteiger partial charge in [0.15, 0.2) is 5.11 Å². The summed E-state index contributed by atoms with van der Waals surface area (Å²) in [6.07, 6.45) is 2.09. The van der Waals surface area contributed by atoms with Crippen LogP contribution in [-0.4, -0.2) is 11.0 Å². The first-order chi connectivity index (χ1) is 12.1. The zero-order chi connectivity index (χ0) is 17.4. The third-order valence-corrected chi connectivity index (χ3v) is 4.67. The van der Waals surface area contributed by atoms with Gasteiger partial charge >= 0.3 is 0 Å². The number of benzene rings is 3. The number of amides is 1. The molecule has 0 saturated heterocycles. The Labute approximate surface area is 149 Å². The van der Waals surface area contributed by atoms with E-state index < -0.39 is 11.7 Å². The number of anilines is 1. The molecular formula is C20H15FN2OS. The maximum Gasteiger partial charge on any atom is 0.260 e.